The van der Waals surface area contributed by atoms with Crippen LogP contribution >= 0.6 is 0 Å². The maximum absolute atomic E-state index is 12.7. The number of nitrogens with one attached hydrogen (secondary N) is 4. The number of carbonyl (C=O) groups is 6. The molecule has 3 aliphatic rings. The lowest BCUT2D eigenvalue weighted by atomic mass is 10.0. The summed E-state index contributed by atoms with van der Waals surface area (Å²) < 4.78 is 50.3. The van der Waals surface area contributed by atoms with Crippen LogP contribution in [0.15, 0.2) is 170 Å². The number of fused-ring (bicyclic) bond motifs is 9. The third kappa shape index (κ3) is 19.9. The Hall–Kier alpha value is -10.6. The molecule has 3 atom stereocenters. The van der Waals surface area contributed by atoms with Crippen molar-refractivity contribution in [3.63, 3.8) is 0 Å². The first kappa shape index (κ1) is 76.0. The van der Waals surface area contributed by atoms with E-state index >= 15 is 0 Å². The van der Waals surface area contributed by atoms with Crippen molar-refractivity contribution in [3.8, 4) is 11.8 Å². The fraction of sp³-hybridized carbons (Fsp3) is 0.354. The molecule has 0 spiro atoms. The Balaban J connectivity index is 0.000000151. The van der Waals surface area contributed by atoms with Crippen LogP contribution in [0.1, 0.15) is 85.3 Å². The van der Waals surface area contributed by atoms with Crippen LogP contribution < -0.4 is 21.3 Å². The number of piperidine rings is 3. The smallest absolute Gasteiger partial charge is 0.249 e. The number of amides is 6. The first-order valence-electron chi connectivity index (χ1n) is 36.3. The summed E-state index contributed by atoms with van der Waals surface area (Å²) in [4.78, 5) is 86.6. The molecule has 0 radical (unpaired) electrons. The van der Waals surface area contributed by atoms with Crippen molar-refractivity contribution in [2.75, 3.05) is 111 Å². The van der Waals surface area contributed by atoms with Gasteiger partial charge < -0.3 is 62.0 Å². The summed E-state index contributed by atoms with van der Waals surface area (Å²) in [5.74, 6) is 4.72. The predicted octanol–water partition coefficient (Wildman–Crippen LogP) is 9.72. The number of aromatic nitrogens is 6. The fourth-order valence-electron chi connectivity index (χ4n) is 13.5. The van der Waals surface area contributed by atoms with Gasteiger partial charge in [0, 0.05) is 94.6 Å². The van der Waals surface area contributed by atoms with Gasteiger partial charge >= 0.3 is 0 Å². The number of aliphatic hydroxyl groups is 1. The Bertz CT molecular complexity index is 4920. The molecule has 3 fully saturated rings. The molecule has 556 valence electrons. The number of carbonyl (C=O) groups excluding carboxylic acids is 6. The number of hydrogen-bond donors (Lipinski definition) is 5. The van der Waals surface area contributed by atoms with E-state index in [1.165, 1.54) is 0 Å². The van der Waals surface area contributed by atoms with E-state index in [1.807, 2.05) is 153 Å². The van der Waals surface area contributed by atoms with Gasteiger partial charge in [-0.05, 0) is 103 Å². The summed E-state index contributed by atoms with van der Waals surface area (Å²) in [7, 11) is 0. The molecule has 0 saturated carbocycles. The third-order valence-corrected chi connectivity index (χ3v) is 18.4. The summed E-state index contributed by atoms with van der Waals surface area (Å²) in [6.45, 7) is 8.62. The molecule has 9 heterocycles. The Kier molecular flexibility index (Phi) is 27.8. The molecule has 107 heavy (non-hydrogen) atoms. The number of rotatable bonds is 33. The minimum Gasteiger partial charge on any atom is -0.394 e. The topological polar surface area (TPSA) is 298 Å². The van der Waals surface area contributed by atoms with Gasteiger partial charge in [0.1, 0.15) is 41.7 Å². The van der Waals surface area contributed by atoms with Gasteiger partial charge in [-0.15, -0.1) is 0 Å². The number of ether oxygens (including phenoxy) is 8. The molecule has 0 aliphatic carbocycles. The number of para-hydroxylation sites is 2. The molecular weight excluding hydrogens is 1360 g/mol. The number of aliphatic hydroxyl groups excluding tert-OH is 1. The largest absolute Gasteiger partial charge is 0.394 e. The van der Waals surface area contributed by atoms with Gasteiger partial charge in [0.15, 0.2) is 0 Å². The van der Waals surface area contributed by atoms with Crippen molar-refractivity contribution >= 4 is 107 Å². The van der Waals surface area contributed by atoms with Crippen molar-refractivity contribution in [1.82, 2.24) is 44.6 Å². The number of benzene rings is 5. The van der Waals surface area contributed by atoms with Gasteiger partial charge in [0.05, 0.1) is 116 Å². The summed E-state index contributed by atoms with van der Waals surface area (Å²) in [6, 6.07) is 48.4. The lowest BCUT2D eigenvalue weighted by molar-refractivity contribution is -0.137. The van der Waals surface area contributed by atoms with Crippen molar-refractivity contribution in [2.24, 2.45) is 0 Å². The summed E-state index contributed by atoms with van der Waals surface area (Å²) in [5.41, 5.74) is 10.2. The standard InChI is InChI=1S/C30H29N3O5.C29H32N4O5.C23H27N3O5/c34-27-13-12-26(30(35)32-27)33-25-11-5-4-10-24(25)28-23(14-15-31-29(28)33)9-6-16-36-17-18-37-19-20-38-21-22-7-2-1-3-8-22;34-27-11-10-26(29(35)32-27)33-25-9-8-22(19-24(25)23-7-4-12-31-28(23)33)30-13-14-36-15-16-37-17-18-38-20-21-5-2-1-3-6-21;27-11-13-31-15-14-30-12-3-4-16-9-10-24-22-21(16)17-5-1-2-6-18(17)26(22)19-7-8-20(28)25-23(19)29/h1-5,7-8,10-11,14-15,26H,12-13,16-21H2,(H,32,34,35);1-9,12,19,26,30H,10-11,13-18,20H2,(H,32,34,35);1-2,5-6,9-10,19,27H,3-4,7-8,11-15H2,(H,25,28,29). The SMILES string of the molecule is O=C1CCC(n2c3ccc(NCCOCCOCCOCc4ccccc4)cc3c3cccnc32)C(=O)N1.O=C1CCC(n2c3ccccc3c3c(C#CCOCCOCCOCc4ccccc4)ccnc32)C(=O)N1.O=C1CCC(n2c3ccccc3c3c(CCCOCCOCCO)ccnc32)C(=O)N1. The lowest BCUT2D eigenvalue weighted by Gasteiger charge is -2.23. The molecule has 25 nitrogen and oxygen atoms in total. The quantitative estimate of drug-likeness (QED) is 0.0145. The Morgan fingerprint density at radius 1 is 0.430 bits per heavy atom. The number of pyridine rings is 3. The first-order chi connectivity index (χ1) is 52.6. The van der Waals surface area contributed by atoms with Crippen LogP contribution in [-0.4, -0.2) is 175 Å². The normalized spacial score (nSPS) is 16.0. The molecule has 6 aromatic heterocycles. The number of anilines is 1. The highest BCUT2D eigenvalue weighted by atomic mass is 16.6. The van der Waals surface area contributed by atoms with Gasteiger partial charge in [0.25, 0.3) is 0 Å². The molecule has 11 aromatic rings. The molecule has 25 heteroatoms. The Morgan fingerprint density at radius 2 is 0.888 bits per heavy atom. The van der Waals surface area contributed by atoms with E-state index in [1.54, 1.807) is 18.6 Å². The van der Waals surface area contributed by atoms with E-state index in [4.69, 9.17) is 43.0 Å². The number of nitrogens with zero attached hydrogens (tertiary/aromatic N) is 6. The van der Waals surface area contributed by atoms with E-state index in [2.05, 4.69) is 60.2 Å². The lowest BCUT2D eigenvalue weighted by Crippen LogP contribution is -2.41. The van der Waals surface area contributed by atoms with Gasteiger partial charge in [-0.1, -0.05) is 109 Å². The average molecular weight is 1450 g/mol. The first-order valence-corrected chi connectivity index (χ1v) is 36.3. The minimum absolute atomic E-state index is 0.0183. The van der Waals surface area contributed by atoms with E-state index in [-0.39, 0.29) is 48.7 Å². The minimum atomic E-state index is -0.502. The molecule has 6 amide bonds. The molecule has 3 unspecified atom stereocenters. The highest BCUT2D eigenvalue weighted by Gasteiger charge is 2.34. The molecule has 14 rings (SSSR count). The number of hydrogen-bond acceptors (Lipinski definition) is 19. The van der Waals surface area contributed by atoms with Crippen molar-refractivity contribution in [2.45, 2.75) is 82.7 Å². The van der Waals surface area contributed by atoms with Crippen molar-refractivity contribution in [1.29, 1.82) is 0 Å². The van der Waals surface area contributed by atoms with Gasteiger partial charge in [-0.2, -0.15) is 0 Å². The van der Waals surface area contributed by atoms with E-state index < -0.39 is 18.1 Å². The molecule has 3 aliphatic heterocycles. The second-order valence-corrected chi connectivity index (χ2v) is 25.6. The van der Waals surface area contributed by atoms with E-state index in [9.17, 15) is 28.8 Å². The van der Waals surface area contributed by atoms with E-state index in [0.717, 1.165) is 101 Å². The molecule has 0 bridgehead atoms. The van der Waals surface area contributed by atoms with Crippen LogP contribution in [0.3, 0.4) is 0 Å². The maximum Gasteiger partial charge on any atom is 0.249 e. The molecule has 5 aromatic carbocycles. The van der Waals surface area contributed by atoms with Crippen LogP contribution in [0.4, 0.5) is 5.69 Å². The zero-order valence-corrected chi connectivity index (χ0v) is 59.6. The van der Waals surface area contributed by atoms with Crippen LogP contribution in [0.25, 0.3) is 65.8 Å². The number of aryl methyl sites for hydroxylation is 1. The van der Waals surface area contributed by atoms with Crippen LogP contribution in [0, 0.1) is 11.8 Å². The third-order valence-electron chi connectivity index (χ3n) is 18.4. The monoisotopic (exact) mass is 1450 g/mol. The Labute approximate surface area is 618 Å². The van der Waals surface area contributed by atoms with Crippen LogP contribution in [-0.2, 0) is 86.3 Å². The maximum atomic E-state index is 12.7. The van der Waals surface area contributed by atoms with Crippen molar-refractivity contribution < 1.29 is 71.8 Å². The fourth-order valence-corrected chi connectivity index (χ4v) is 13.5. The van der Waals surface area contributed by atoms with Crippen LogP contribution in [0.2, 0.25) is 0 Å². The highest BCUT2D eigenvalue weighted by Crippen LogP contribution is 2.38. The van der Waals surface area contributed by atoms with Gasteiger partial charge in [0.2, 0.25) is 35.4 Å². The summed E-state index contributed by atoms with van der Waals surface area (Å²) in [5, 5.41) is 25.4. The van der Waals surface area contributed by atoms with Crippen molar-refractivity contribution in [3.05, 3.63) is 193 Å². The zero-order valence-electron chi connectivity index (χ0n) is 59.6. The predicted molar refractivity (Wildman–Crippen MR) is 404 cm³/mol. The molecular formula is C82H88N10O15. The van der Waals surface area contributed by atoms with Gasteiger partial charge in [-0.25, -0.2) is 15.0 Å². The summed E-state index contributed by atoms with van der Waals surface area (Å²) >= 11 is 0. The number of imide groups is 3. The second-order valence-electron chi connectivity index (χ2n) is 25.6. The molecule has 3 saturated heterocycles. The second kappa shape index (κ2) is 39.1. The highest BCUT2D eigenvalue weighted by molar-refractivity contribution is 6.13. The van der Waals surface area contributed by atoms with Gasteiger partial charge in [-0.3, -0.25) is 44.7 Å². The van der Waals surface area contributed by atoms with Crippen LogP contribution in [0.5, 0.6) is 0 Å². The molecule has 5 N–H and O–H groups in total. The summed E-state index contributed by atoms with van der Waals surface area (Å²) in [6.07, 6.45) is 9.17. The zero-order chi connectivity index (χ0) is 73.9. The van der Waals surface area contributed by atoms with E-state index in [0.29, 0.717) is 150 Å². The average Bonchev–Trinajstić information content (AvgIpc) is 1.60. The Morgan fingerprint density at radius 3 is 1.46 bits per heavy atom.